The molecule has 0 unspecified atom stereocenters. The smallest absolute Gasteiger partial charge is 0.258 e. The molecule has 23 heavy (non-hydrogen) atoms. The number of nitrogens with zero attached hydrogens (tertiary/aromatic N) is 4. The van der Waals surface area contributed by atoms with Gasteiger partial charge in [0.25, 0.3) is 15.7 Å². The van der Waals surface area contributed by atoms with Gasteiger partial charge in [-0.05, 0) is 18.2 Å². The van der Waals surface area contributed by atoms with Gasteiger partial charge in [-0.1, -0.05) is 35.5 Å². The number of nitro groups is 1. The summed E-state index contributed by atoms with van der Waals surface area (Å²) in [6.45, 7) is 0. The Kier molecular flexibility index (Phi) is 3.62. The molecule has 0 amide bonds. The fourth-order valence-corrected chi connectivity index (χ4v) is 3.13. The van der Waals surface area contributed by atoms with E-state index in [4.69, 9.17) is 0 Å². The molecule has 8 nitrogen and oxygen atoms in total. The summed E-state index contributed by atoms with van der Waals surface area (Å²) in [5.41, 5.74) is 0.139. The lowest BCUT2D eigenvalue weighted by atomic mass is 10.1. The molecular formula is C14H10N4O4S. The highest BCUT2D eigenvalue weighted by molar-refractivity contribution is 7.89. The lowest BCUT2D eigenvalue weighted by molar-refractivity contribution is -0.384. The van der Waals surface area contributed by atoms with Crippen LogP contribution in [-0.4, -0.2) is 27.7 Å². The van der Waals surface area contributed by atoms with Gasteiger partial charge in [-0.3, -0.25) is 10.1 Å². The minimum absolute atomic E-state index is 0.0546. The minimum atomic E-state index is -3.89. The maximum absolute atomic E-state index is 12.4. The second kappa shape index (κ2) is 5.61. The molecular weight excluding hydrogens is 320 g/mol. The lowest BCUT2D eigenvalue weighted by Gasteiger charge is -2.02. The Bertz CT molecular complexity index is 967. The molecule has 3 rings (SSSR count). The molecule has 0 aliphatic carbocycles. The first kappa shape index (κ1) is 14.9. The van der Waals surface area contributed by atoms with Crippen LogP contribution < -0.4 is 0 Å². The number of hydrogen-bond acceptors (Lipinski definition) is 6. The highest BCUT2D eigenvalue weighted by Gasteiger charge is 2.22. The molecule has 0 saturated heterocycles. The number of rotatable bonds is 4. The molecule has 0 radical (unpaired) electrons. The third kappa shape index (κ3) is 2.69. The van der Waals surface area contributed by atoms with E-state index in [2.05, 4.69) is 10.3 Å². The number of hydrogen-bond donors (Lipinski definition) is 0. The summed E-state index contributed by atoms with van der Waals surface area (Å²) in [7, 11) is -3.89. The Morgan fingerprint density at radius 3 is 2.35 bits per heavy atom. The van der Waals surface area contributed by atoms with Crippen LogP contribution in [0.15, 0.2) is 65.7 Å². The molecule has 0 bridgehead atoms. The average molecular weight is 330 g/mol. The van der Waals surface area contributed by atoms with E-state index in [0.717, 1.165) is 6.20 Å². The Morgan fingerprint density at radius 2 is 1.65 bits per heavy atom. The van der Waals surface area contributed by atoms with E-state index in [1.165, 1.54) is 30.3 Å². The van der Waals surface area contributed by atoms with E-state index in [1.807, 2.05) is 0 Å². The van der Waals surface area contributed by atoms with E-state index in [1.54, 1.807) is 24.3 Å². The molecule has 0 aliphatic heterocycles. The van der Waals surface area contributed by atoms with Gasteiger partial charge in [-0.25, -0.2) is 0 Å². The maximum Gasteiger partial charge on any atom is 0.284 e. The van der Waals surface area contributed by atoms with Gasteiger partial charge in [-0.2, -0.15) is 8.42 Å². The second-order valence-electron chi connectivity index (χ2n) is 4.57. The van der Waals surface area contributed by atoms with Crippen LogP contribution in [0.2, 0.25) is 0 Å². The molecule has 0 N–H and O–H groups in total. The third-order valence-corrected chi connectivity index (χ3v) is 4.68. The SMILES string of the molecule is O=[N+]([O-])c1ccccc1-c1cn(S(=O)(=O)c2ccccc2)nn1. The fraction of sp³-hybridized carbons (Fsp3) is 0. The van der Waals surface area contributed by atoms with E-state index in [-0.39, 0.29) is 21.8 Å². The van der Waals surface area contributed by atoms with Crippen molar-refractivity contribution in [3.8, 4) is 11.3 Å². The van der Waals surface area contributed by atoms with Crippen LogP contribution in [0.1, 0.15) is 0 Å². The van der Waals surface area contributed by atoms with Gasteiger partial charge in [-0.15, -0.1) is 9.19 Å². The van der Waals surface area contributed by atoms with Gasteiger partial charge in [0.1, 0.15) is 5.69 Å². The summed E-state index contributed by atoms with van der Waals surface area (Å²) in [6.07, 6.45) is 1.16. The van der Waals surface area contributed by atoms with Crippen molar-refractivity contribution in [2.24, 2.45) is 0 Å². The van der Waals surface area contributed by atoms with Crippen molar-refractivity contribution in [2.75, 3.05) is 0 Å². The zero-order chi connectivity index (χ0) is 16.4. The van der Waals surface area contributed by atoms with E-state index < -0.39 is 14.9 Å². The van der Waals surface area contributed by atoms with Crippen LogP contribution in [0.4, 0.5) is 5.69 Å². The predicted molar refractivity (Wildman–Crippen MR) is 81.1 cm³/mol. The summed E-state index contributed by atoms with van der Waals surface area (Å²) in [6, 6.07) is 13.7. The van der Waals surface area contributed by atoms with Crippen LogP contribution in [0.3, 0.4) is 0 Å². The number of nitro benzene ring substituents is 1. The van der Waals surface area contributed by atoms with Crippen molar-refractivity contribution >= 4 is 15.7 Å². The molecule has 1 aromatic heterocycles. The molecule has 116 valence electrons. The third-order valence-electron chi connectivity index (χ3n) is 3.14. The van der Waals surface area contributed by atoms with Gasteiger partial charge in [0.15, 0.2) is 0 Å². The van der Waals surface area contributed by atoms with Gasteiger partial charge >= 0.3 is 0 Å². The highest BCUT2D eigenvalue weighted by Crippen LogP contribution is 2.28. The summed E-state index contributed by atoms with van der Waals surface area (Å²) < 4.78 is 25.6. The molecule has 0 aliphatic rings. The Morgan fingerprint density at radius 1 is 1.00 bits per heavy atom. The Labute approximate surface area is 131 Å². The summed E-state index contributed by atoms with van der Waals surface area (Å²) in [4.78, 5) is 10.6. The minimum Gasteiger partial charge on any atom is -0.258 e. The van der Waals surface area contributed by atoms with Crippen molar-refractivity contribution in [2.45, 2.75) is 4.90 Å². The Balaban J connectivity index is 2.07. The van der Waals surface area contributed by atoms with Gasteiger partial charge in [0.05, 0.1) is 21.6 Å². The van der Waals surface area contributed by atoms with E-state index in [9.17, 15) is 18.5 Å². The maximum atomic E-state index is 12.4. The van der Waals surface area contributed by atoms with E-state index >= 15 is 0 Å². The molecule has 0 atom stereocenters. The molecule has 3 aromatic rings. The summed E-state index contributed by atoms with van der Waals surface area (Å²) >= 11 is 0. The zero-order valence-electron chi connectivity index (χ0n) is 11.6. The quantitative estimate of drug-likeness (QED) is 0.535. The standard InChI is InChI=1S/C14H10N4O4S/c19-18(20)14-9-5-4-8-12(14)13-10-17(16-15-13)23(21,22)11-6-2-1-3-7-11/h1-10H. The normalized spacial score (nSPS) is 11.3. The van der Waals surface area contributed by atoms with Gasteiger partial charge < -0.3 is 0 Å². The summed E-state index contributed by atoms with van der Waals surface area (Å²) in [5.74, 6) is 0. The fourth-order valence-electron chi connectivity index (χ4n) is 2.04. The molecule has 2 aromatic carbocycles. The van der Waals surface area contributed by atoms with Crippen molar-refractivity contribution in [1.82, 2.24) is 14.4 Å². The van der Waals surface area contributed by atoms with Crippen LogP contribution in [0.25, 0.3) is 11.3 Å². The zero-order valence-corrected chi connectivity index (χ0v) is 12.4. The predicted octanol–water partition coefficient (Wildman–Crippen LogP) is 2.09. The first-order chi connectivity index (χ1) is 11.0. The van der Waals surface area contributed by atoms with Gasteiger partial charge in [0, 0.05) is 6.07 Å². The van der Waals surface area contributed by atoms with Crippen LogP contribution in [0, 0.1) is 10.1 Å². The molecule has 0 fully saturated rings. The molecule has 0 spiro atoms. The number of benzene rings is 2. The van der Waals surface area contributed by atoms with Gasteiger partial charge in [0.2, 0.25) is 0 Å². The number of para-hydroxylation sites is 1. The van der Waals surface area contributed by atoms with Crippen molar-refractivity contribution in [3.63, 3.8) is 0 Å². The largest absolute Gasteiger partial charge is 0.284 e. The van der Waals surface area contributed by atoms with Crippen molar-refractivity contribution in [1.29, 1.82) is 0 Å². The average Bonchev–Trinajstić information content (AvgIpc) is 3.06. The highest BCUT2D eigenvalue weighted by atomic mass is 32.2. The Hall–Kier alpha value is -3.07. The molecule has 1 heterocycles. The first-order valence-corrected chi connectivity index (χ1v) is 7.91. The first-order valence-electron chi connectivity index (χ1n) is 6.47. The van der Waals surface area contributed by atoms with Crippen LogP contribution in [0.5, 0.6) is 0 Å². The number of aromatic nitrogens is 3. The summed E-state index contributed by atoms with van der Waals surface area (Å²) in [5, 5.41) is 18.4. The van der Waals surface area contributed by atoms with Crippen LogP contribution >= 0.6 is 0 Å². The topological polar surface area (TPSA) is 108 Å². The van der Waals surface area contributed by atoms with Crippen molar-refractivity contribution in [3.05, 3.63) is 70.9 Å². The van der Waals surface area contributed by atoms with E-state index in [0.29, 0.717) is 4.09 Å². The second-order valence-corrected chi connectivity index (χ2v) is 6.36. The lowest BCUT2D eigenvalue weighted by Crippen LogP contribution is -2.13. The van der Waals surface area contributed by atoms with Crippen molar-refractivity contribution < 1.29 is 13.3 Å². The molecule has 9 heteroatoms. The van der Waals surface area contributed by atoms with Crippen LogP contribution in [-0.2, 0) is 10.0 Å². The molecule has 0 saturated carbocycles. The monoisotopic (exact) mass is 330 g/mol.